The van der Waals surface area contributed by atoms with Gasteiger partial charge in [0.25, 0.3) is 5.91 Å². The normalized spacial score (nSPS) is 27.7. The van der Waals surface area contributed by atoms with Gasteiger partial charge in [0.2, 0.25) is 0 Å². The molecule has 4 heterocycles. The van der Waals surface area contributed by atoms with Crippen molar-refractivity contribution >= 4 is 17.2 Å². The van der Waals surface area contributed by atoms with Crippen molar-refractivity contribution in [3.63, 3.8) is 0 Å². The second-order valence-corrected chi connectivity index (χ2v) is 8.55. The maximum Gasteiger partial charge on any atom is 0.251 e. The molecule has 1 spiro atoms. The highest BCUT2D eigenvalue weighted by Gasteiger charge is 2.41. The predicted molar refractivity (Wildman–Crippen MR) is 93.8 cm³/mol. The van der Waals surface area contributed by atoms with Crippen molar-refractivity contribution < 1.29 is 9.53 Å². The van der Waals surface area contributed by atoms with Crippen LogP contribution < -0.4 is 0 Å². The number of nitrogens with zero attached hydrogens (tertiary/aromatic N) is 3. The molecule has 1 aromatic heterocycles. The second-order valence-electron chi connectivity index (χ2n) is 7.57. The van der Waals surface area contributed by atoms with Gasteiger partial charge in [0.15, 0.2) is 0 Å². The summed E-state index contributed by atoms with van der Waals surface area (Å²) >= 11 is 1.74. The Bertz CT molecular complexity index is 539. The van der Waals surface area contributed by atoms with Crippen LogP contribution in [0.25, 0.3) is 0 Å². The molecule has 3 fully saturated rings. The molecule has 132 valence electrons. The maximum atomic E-state index is 12.5. The molecule has 0 bridgehead atoms. The van der Waals surface area contributed by atoms with Crippen LogP contribution in [0.2, 0.25) is 0 Å². The summed E-state index contributed by atoms with van der Waals surface area (Å²) in [5, 5.41) is 3.26. The number of ether oxygens (including phenoxy) is 1. The first-order valence-corrected chi connectivity index (χ1v) is 10.1. The standard InChI is InChI=1S/C18H27N3O2S/c22-17(21-8-1-2-9-21)15-3-4-18(14-23-15)5-10-20(11-6-18)13-16-19-7-12-24-16/h7,12,15H,1-6,8-11,13-14H2. The number of thiazole rings is 1. The first-order valence-electron chi connectivity index (χ1n) is 9.25. The van der Waals surface area contributed by atoms with E-state index in [0.717, 1.165) is 65.0 Å². The quantitative estimate of drug-likeness (QED) is 0.841. The zero-order valence-electron chi connectivity index (χ0n) is 14.3. The number of aromatic nitrogens is 1. The summed E-state index contributed by atoms with van der Waals surface area (Å²) in [4.78, 5) is 21.4. The number of amides is 1. The van der Waals surface area contributed by atoms with Crippen molar-refractivity contribution in [2.45, 2.75) is 51.2 Å². The molecule has 3 aliphatic rings. The smallest absolute Gasteiger partial charge is 0.251 e. The monoisotopic (exact) mass is 349 g/mol. The number of likely N-dealkylation sites (tertiary alicyclic amines) is 2. The Morgan fingerprint density at radius 3 is 2.67 bits per heavy atom. The molecule has 4 rings (SSSR count). The summed E-state index contributed by atoms with van der Waals surface area (Å²) in [6, 6.07) is 0. The van der Waals surface area contributed by atoms with E-state index in [9.17, 15) is 4.79 Å². The maximum absolute atomic E-state index is 12.5. The number of rotatable bonds is 3. The lowest BCUT2D eigenvalue weighted by Gasteiger charge is -2.45. The topological polar surface area (TPSA) is 45.7 Å². The molecule has 24 heavy (non-hydrogen) atoms. The van der Waals surface area contributed by atoms with E-state index in [4.69, 9.17) is 4.74 Å². The van der Waals surface area contributed by atoms with E-state index in [1.165, 1.54) is 17.8 Å². The summed E-state index contributed by atoms with van der Waals surface area (Å²) in [5.74, 6) is 0.239. The Balaban J connectivity index is 1.26. The summed E-state index contributed by atoms with van der Waals surface area (Å²) in [7, 11) is 0. The Morgan fingerprint density at radius 2 is 2.04 bits per heavy atom. The zero-order valence-corrected chi connectivity index (χ0v) is 15.1. The largest absolute Gasteiger partial charge is 0.368 e. The second kappa shape index (κ2) is 7.10. The van der Waals surface area contributed by atoms with Crippen LogP contribution in [0.1, 0.15) is 43.5 Å². The van der Waals surface area contributed by atoms with Crippen molar-refractivity contribution in [2.24, 2.45) is 5.41 Å². The van der Waals surface area contributed by atoms with Crippen LogP contribution in [0.5, 0.6) is 0 Å². The fourth-order valence-electron chi connectivity index (χ4n) is 4.31. The minimum absolute atomic E-state index is 0.179. The fourth-order valence-corrected chi connectivity index (χ4v) is 4.97. The first kappa shape index (κ1) is 16.5. The summed E-state index contributed by atoms with van der Waals surface area (Å²) in [6.45, 7) is 5.83. The lowest BCUT2D eigenvalue weighted by molar-refractivity contribution is -0.154. The van der Waals surface area contributed by atoms with Crippen molar-refractivity contribution in [3.05, 3.63) is 16.6 Å². The molecule has 1 amide bonds. The third-order valence-electron chi connectivity index (χ3n) is 5.98. The highest BCUT2D eigenvalue weighted by molar-refractivity contribution is 7.09. The molecular formula is C18H27N3O2S. The van der Waals surface area contributed by atoms with Crippen LogP contribution in [0.4, 0.5) is 0 Å². The van der Waals surface area contributed by atoms with E-state index in [1.54, 1.807) is 11.3 Å². The van der Waals surface area contributed by atoms with Crippen LogP contribution in [0.15, 0.2) is 11.6 Å². The van der Waals surface area contributed by atoms with E-state index >= 15 is 0 Å². The number of hydrogen-bond donors (Lipinski definition) is 0. The summed E-state index contributed by atoms with van der Waals surface area (Å²) in [5.41, 5.74) is 0.307. The minimum Gasteiger partial charge on any atom is -0.368 e. The number of hydrogen-bond acceptors (Lipinski definition) is 5. The molecular weight excluding hydrogens is 322 g/mol. The Hall–Kier alpha value is -0.980. The van der Waals surface area contributed by atoms with E-state index in [1.807, 2.05) is 16.5 Å². The van der Waals surface area contributed by atoms with Gasteiger partial charge in [-0.3, -0.25) is 9.69 Å². The van der Waals surface area contributed by atoms with E-state index in [2.05, 4.69) is 9.88 Å². The van der Waals surface area contributed by atoms with Crippen LogP contribution >= 0.6 is 11.3 Å². The lowest BCUT2D eigenvalue weighted by Crippen LogP contribution is -2.49. The van der Waals surface area contributed by atoms with Gasteiger partial charge in [0.05, 0.1) is 13.2 Å². The molecule has 0 radical (unpaired) electrons. The molecule has 6 heteroatoms. The summed E-state index contributed by atoms with van der Waals surface area (Å²) in [6.07, 6.45) is 8.42. The van der Waals surface area contributed by atoms with E-state index in [0.29, 0.717) is 5.41 Å². The molecule has 3 aliphatic heterocycles. The highest BCUT2D eigenvalue weighted by atomic mass is 32.1. The van der Waals surface area contributed by atoms with Gasteiger partial charge in [-0.15, -0.1) is 11.3 Å². The summed E-state index contributed by atoms with van der Waals surface area (Å²) < 4.78 is 6.07. The van der Waals surface area contributed by atoms with Gasteiger partial charge in [-0.05, 0) is 57.0 Å². The average molecular weight is 350 g/mol. The van der Waals surface area contributed by atoms with E-state index < -0.39 is 0 Å². The molecule has 3 saturated heterocycles. The van der Waals surface area contributed by atoms with Gasteiger partial charge in [0.1, 0.15) is 11.1 Å². The Labute approximate surface area is 148 Å². The minimum atomic E-state index is -0.179. The molecule has 5 nitrogen and oxygen atoms in total. The van der Waals surface area contributed by atoms with Gasteiger partial charge < -0.3 is 9.64 Å². The van der Waals surface area contributed by atoms with Gasteiger partial charge in [-0.25, -0.2) is 4.98 Å². The fraction of sp³-hybridized carbons (Fsp3) is 0.778. The molecule has 0 aliphatic carbocycles. The molecule has 0 N–H and O–H groups in total. The highest BCUT2D eigenvalue weighted by Crippen LogP contribution is 2.41. The SMILES string of the molecule is O=C(C1CCC2(CCN(Cc3nccs3)CC2)CO1)N1CCCC1. The van der Waals surface area contributed by atoms with Crippen LogP contribution in [0, 0.1) is 5.41 Å². The number of carbonyl (C=O) groups is 1. The molecule has 1 unspecified atom stereocenters. The molecule has 0 aromatic carbocycles. The van der Waals surface area contributed by atoms with Crippen molar-refractivity contribution in [2.75, 3.05) is 32.8 Å². The predicted octanol–water partition coefficient (Wildman–Crippen LogP) is 2.53. The van der Waals surface area contributed by atoms with Crippen LogP contribution in [0.3, 0.4) is 0 Å². The third kappa shape index (κ3) is 3.51. The van der Waals surface area contributed by atoms with Crippen LogP contribution in [-0.2, 0) is 16.1 Å². The zero-order chi connectivity index (χ0) is 16.4. The Morgan fingerprint density at radius 1 is 1.25 bits per heavy atom. The van der Waals surface area contributed by atoms with Gasteiger partial charge in [0, 0.05) is 24.7 Å². The van der Waals surface area contributed by atoms with Crippen LogP contribution in [-0.4, -0.2) is 59.6 Å². The van der Waals surface area contributed by atoms with Crippen molar-refractivity contribution in [1.82, 2.24) is 14.8 Å². The van der Waals surface area contributed by atoms with E-state index in [-0.39, 0.29) is 12.0 Å². The van der Waals surface area contributed by atoms with Gasteiger partial charge >= 0.3 is 0 Å². The molecule has 1 atom stereocenters. The third-order valence-corrected chi connectivity index (χ3v) is 6.74. The average Bonchev–Trinajstić information content (AvgIpc) is 3.31. The number of carbonyl (C=O) groups excluding carboxylic acids is 1. The van der Waals surface area contributed by atoms with Gasteiger partial charge in [-0.2, -0.15) is 0 Å². The van der Waals surface area contributed by atoms with Gasteiger partial charge in [-0.1, -0.05) is 0 Å². The first-order chi connectivity index (χ1) is 11.7. The lowest BCUT2D eigenvalue weighted by atomic mass is 9.73. The number of piperidine rings is 1. The Kier molecular flexibility index (Phi) is 4.88. The molecule has 0 saturated carbocycles. The van der Waals surface area contributed by atoms with Crippen molar-refractivity contribution in [3.8, 4) is 0 Å². The van der Waals surface area contributed by atoms with Crippen molar-refractivity contribution in [1.29, 1.82) is 0 Å². The molecule has 1 aromatic rings.